The van der Waals surface area contributed by atoms with Gasteiger partial charge in [0.15, 0.2) is 0 Å². The lowest BCUT2D eigenvalue weighted by atomic mass is 10.3. The van der Waals surface area contributed by atoms with Crippen LogP contribution < -0.4 is 10.1 Å². The van der Waals surface area contributed by atoms with Crippen molar-refractivity contribution in [3.05, 3.63) is 22.9 Å². The topological polar surface area (TPSA) is 43.4 Å². The molecule has 1 heterocycles. The van der Waals surface area contributed by atoms with Gasteiger partial charge in [0.2, 0.25) is 0 Å². The zero-order valence-electron chi connectivity index (χ0n) is 11.0. The SMILES string of the molecule is CCOCCCNCC(C)Oc1cncc(Br)c1. The Morgan fingerprint density at radius 1 is 1.44 bits per heavy atom. The zero-order chi connectivity index (χ0) is 13.2. The van der Waals surface area contributed by atoms with E-state index >= 15 is 0 Å². The quantitative estimate of drug-likeness (QED) is 0.711. The lowest BCUT2D eigenvalue weighted by molar-refractivity contribution is 0.143. The van der Waals surface area contributed by atoms with Crippen molar-refractivity contribution < 1.29 is 9.47 Å². The number of halogens is 1. The van der Waals surface area contributed by atoms with Crippen molar-refractivity contribution in [2.75, 3.05) is 26.3 Å². The second kappa shape index (κ2) is 9.30. The van der Waals surface area contributed by atoms with Gasteiger partial charge < -0.3 is 14.8 Å². The Bertz CT molecular complexity index is 337. The largest absolute Gasteiger partial charge is 0.488 e. The number of hydrogen-bond donors (Lipinski definition) is 1. The van der Waals surface area contributed by atoms with Gasteiger partial charge in [-0.1, -0.05) is 0 Å². The van der Waals surface area contributed by atoms with Crippen molar-refractivity contribution in [2.24, 2.45) is 0 Å². The van der Waals surface area contributed by atoms with Crippen LogP contribution >= 0.6 is 15.9 Å². The minimum Gasteiger partial charge on any atom is -0.488 e. The molecule has 0 saturated carbocycles. The summed E-state index contributed by atoms with van der Waals surface area (Å²) in [6.07, 6.45) is 4.60. The van der Waals surface area contributed by atoms with Crippen LogP contribution in [-0.4, -0.2) is 37.4 Å². The van der Waals surface area contributed by atoms with E-state index in [-0.39, 0.29) is 6.10 Å². The molecule has 1 N–H and O–H groups in total. The van der Waals surface area contributed by atoms with E-state index in [1.165, 1.54) is 0 Å². The van der Waals surface area contributed by atoms with Crippen LogP contribution in [0.15, 0.2) is 22.9 Å². The summed E-state index contributed by atoms with van der Waals surface area (Å²) in [5.74, 6) is 0.785. The van der Waals surface area contributed by atoms with Crippen molar-refractivity contribution in [1.29, 1.82) is 0 Å². The molecule has 0 aliphatic heterocycles. The molecule has 0 aliphatic rings. The van der Waals surface area contributed by atoms with Gasteiger partial charge >= 0.3 is 0 Å². The molecule has 1 aromatic heterocycles. The summed E-state index contributed by atoms with van der Waals surface area (Å²) in [6, 6.07) is 1.92. The van der Waals surface area contributed by atoms with Crippen LogP contribution in [-0.2, 0) is 4.74 Å². The summed E-state index contributed by atoms with van der Waals surface area (Å²) in [5, 5.41) is 3.34. The highest BCUT2D eigenvalue weighted by Crippen LogP contribution is 2.16. The molecule has 1 unspecified atom stereocenters. The Hall–Kier alpha value is -0.650. The predicted octanol–water partition coefficient (Wildman–Crippen LogP) is 2.63. The molecule has 1 atom stereocenters. The van der Waals surface area contributed by atoms with Gasteiger partial charge in [-0.25, -0.2) is 0 Å². The monoisotopic (exact) mass is 316 g/mol. The fourth-order valence-corrected chi connectivity index (χ4v) is 1.82. The van der Waals surface area contributed by atoms with E-state index in [0.29, 0.717) is 0 Å². The number of rotatable bonds is 9. The summed E-state index contributed by atoms with van der Waals surface area (Å²) in [6.45, 7) is 7.42. The average molecular weight is 317 g/mol. The molecule has 1 aromatic rings. The second-order valence-electron chi connectivity index (χ2n) is 4.02. The highest BCUT2D eigenvalue weighted by Gasteiger charge is 2.04. The highest BCUT2D eigenvalue weighted by molar-refractivity contribution is 9.10. The molecule has 0 spiro atoms. The van der Waals surface area contributed by atoms with E-state index < -0.39 is 0 Å². The first kappa shape index (κ1) is 15.4. The Kier molecular flexibility index (Phi) is 7.96. The molecule has 5 heteroatoms. The molecule has 102 valence electrons. The molecule has 0 fully saturated rings. The third-order valence-electron chi connectivity index (χ3n) is 2.30. The molecule has 4 nitrogen and oxygen atoms in total. The molecule has 1 rings (SSSR count). The minimum absolute atomic E-state index is 0.119. The number of hydrogen-bond acceptors (Lipinski definition) is 4. The predicted molar refractivity (Wildman–Crippen MR) is 76.0 cm³/mol. The van der Waals surface area contributed by atoms with Gasteiger partial charge in [-0.3, -0.25) is 4.98 Å². The Balaban J connectivity index is 2.12. The Morgan fingerprint density at radius 3 is 3.00 bits per heavy atom. The fraction of sp³-hybridized carbons (Fsp3) is 0.615. The smallest absolute Gasteiger partial charge is 0.139 e. The second-order valence-corrected chi connectivity index (χ2v) is 4.94. The normalized spacial score (nSPS) is 12.4. The number of pyridine rings is 1. The van der Waals surface area contributed by atoms with E-state index in [9.17, 15) is 0 Å². The van der Waals surface area contributed by atoms with Gasteiger partial charge in [-0.05, 0) is 48.8 Å². The first-order valence-corrected chi connectivity index (χ1v) is 7.07. The van der Waals surface area contributed by atoms with Crippen molar-refractivity contribution in [2.45, 2.75) is 26.4 Å². The molecule has 0 bridgehead atoms. The maximum Gasteiger partial charge on any atom is 0.139 e. The molecular formula is C13H21BrN2O2. The molecule has 0 aromatic carbocycles. The molecule has 0 radical (unpaired) electrons. The lowest BCUT2D eigenvalue weighted by Crippen LogP contribution is -2.30. The number of nitrogens with zero attached hydrogens (tertiary/aromatic N) is 1. The first-order valence-electron chi connectivity index (χ1n) is 6.28. The van der Waals surface area contributed by atoms with Crippen molar-refractivity contribution in [1.82, 2.24) is 10.3 Å². The molecular weight excluding hydrogens is 296 g/mol. The van der Waals surface area contributed by atoms with Crippen molar-refractivity contribution >= 4 is 15.9 Å². The van der Waals surface area contributed by atoms with Gasteiger partial charge in [0.25, 0.3) is 0 Å². The van der Waals surface area contributed by atoms with Gasteiger partial charge in [-0.15, -0.1) is 0 Å². The molecule has 18 heavy (non-hydrogen) atoms. The van der Waals surface area contributed by atoms with Crippen LogP contribution in [0.3, 0.4) is 0 Å². The van der Waals surface area contributed by atoms with Crippen LogP contribution in [0.25, 0.3) is 0 Å². The van der Waals surface area contributed by atoms with E-state index in [2.05, 4.69) is 26.2 Å². The van der Waals surface area contributed by atoms with Crippen LogP contribution in [0.2, 0.25) is 0 Å². The molecule has 0 aliphatic carbocycles. The number of ether oxygens (including phenoxy) is 2. The van der Waals surface area contributed by atoms with Gasteiger partial charge in [0.05, 0.1) is 6.20 Å². The molecule has 0 amide bonds. The maximum atomic E-state index is 5.74. The van der Waals surface area contributed by atoms with Crippen LogP contribution in [0.1, 0.15) is 20.3 Å². The summed E-state index contributed by atoms with van der Waals surface area (Å²) in [7, 11) is 0. The number of nitrogens with one attached hydrogen (secondary N) is 1. The number of aromatic nitrogens is 1. The molecule has 0 saturated heterocycles. The van der Waals surface area contributed by atoms with Crippen LogP contribution in [0.5, 0.6) is 5.75 Å². The van der Waals surface area contributed by atoms with Gasteiger partial charge in [-0.2, -0.15) is 0 Å². The summed E-state index contributed by atoms with van der Waals surface area (Å²) in [5.41, 5.74) is 0. The van der Waals surface area contributed by atoms with E-state index in [0.717, 1.165) is 42.9 Å². The summed E-state index contributed by atoms with van der Waals surface area (Å²) < 4.78 is 11.9. The minimum atomic E-state index is 0.119. The Labute approximate surface area is 117 Å². The third kappa shape index (κ3) is 6.93. The van der Waals surface area contributed by atoms with E-state index in [1.807, 2.05) is 19.9 Å². The van der Waals surface area contributed by atoms with Crippen LogP contribution in [0, 0.1) is 0 Å². The summed E-state index contributed by atoms with van der Waals surface area (Å²) in [4.78, 5) is 4.06. The van der Waals surface area contributed by atoms with Crippen molar-refractivity contribution in [3.8, 4) is 5.75 Å². The third-order valence-corrected chi connectivity index (χ3v) is 2.73. The lowest BCUT2D eigenvalue weighted by Gasteiger charge is -2.15. The maximum absolute atomic E-state index is 5.74. The van der Waals surface area contributed by atoms with E-state index in [1.54, 1.807) is 12.4 Å². The fourth-order valence-electron chi connectivity index (χ4n) is 1.48. The highest BCUT2D eigenvalue weighted by atomic mass is 79.9. The van der Waals surface area contributed by atoms with Crippen molar-refractivity contribution in [3.63, 3.8) is 0 Å². The van der Waals surface area contributed by atoms with Crippen LogP contribution in [0.4, 0.5) is 0 Å². The zero-order valence-corrected chi connectivity index (χ0v) is 12.6. The van der Waals surface area contributed by atoms with Gasteiger partial charge in [0, 0.05) is 30.4 Å². The first-order chi connectivity index (χ1) is 8.72. The average Bonchev–Trinajstić information content (AvgIpc) is 2.33. The van der Waals surface area contributed by atoms with Gasteiger partial charge in [0.1, 0.15) is 11.9 Å². The standard InChI is InChI=1S/C13H21BrN2O2/c1-3-17-6-4-5-15-8-11(2)18-13-7-12(14)9-16-10-13/h7,9-11,15H,3-6,8H2,1-2H3. The van der Waals surface area contributed by atoms with E-state index in [4.69, 9.17) is 9.47 Å². The Morgan fingerprint density at radius 2 is 2.28 bits per heavy atom. The summed E-state index contributed by atoms with van der Waals surface area (Å²) >= 11 is 3.37.